The molecule has 0 saturated heterocycles. The molecule has 0 fully saturated rings. The largest absolute Gasteiger partial charge is 0.509 e. The highest BCUT2D eigenvalue weighted by Gasteiger charge is 2.18. The van der Waals surface area contributed by atoms with Crippen molar-refractivity contribution in [3.8, 4) is 0 Å². The van der Waals surface area contributed by atoms with Crippen LogP contribution in [0.4, 0.5) is 4.79 Å². The summed E-state index contributed by atoms with van der Waals surface area (Å²) in [5.41, 5.74) is 0. The fourth-order valence-corrected chi connectivity index (χ4v) is 0.591. The molecule has 0 heterocycles. The van der Waals surface area contributed by atoms with Crippen molar-refractivity contribution in [1.29, 1.82) is 0 Å². The van der Waals surface area contributed by atoms with Crippen molar-refractivity contribution in [1.82, 2.24) is 0 Å². The van der Waals surface area contributed by atoms with Crippen molar-refractivity contribution in [2.24, 2.45) is 0 Å². The topological polar surface area (TPSA) is 61.8 Å². The van der Waals surface area contributed by atoms with E-state index in [1.165, 1.54) is 14.0 Å². The molecule has 0 aromatic rings. The Kier molecular flexibility index (Phi) is 6.05. The third kappa shape index (κ3) is 5.30. The van der Waals surface area contributed by atoms with E-state index in [0.29, 0.717) is 0 Å². The van der Waals surface area contributed by atoms with E-state index in [-0.39, 0.29) is 12.5 Å². The zero-order valence-electron chi connectivity index (χ0n) is 7.41. The molecule has 0 amide bonds. The molecule has 5 nitrogen and oxygen atoms in total. The van der Waals surface area contributed by atoms with Crippen LogP contribution in [0.15, 0.2) is 0 Å². The average Bonchev–Trinajstić information content (AvgIpc) is 2.13. The highest BCUT2D eigenvalue weighted by atomic mass is 35.5. The maximum Gasteiger partial charge on any atom is 0.509 e. The Balaban J connectivity index is 3.71. The number of alkyl halides is 1. The Morgan fingerprint density at radius 1 is 1.46 bits per heavy atom. The van der Waals surface area contributed by atoms with Crippen LogP contribution in [-0.4, -0.2) is 37.8 Å². The molecule has 0 aliphatic heterocycles. The predicted octanol–water partition coefficient (Wildman–Crippen LogP) is 0.940. The third-order valence-corrected chi connectivity index (χ3v) is 1.26. The molecule has 0 radical (unpaired) electrons. The van der Waals surface area contributed by atoms with Gasteiger partial charge in [-0.2, -0.15) is 0 Å². The molecule has 0 aliphatic carbocycles. The lowest BCUT2D eigenvalue weighted by molar-refractivity contribution is -0.150. The van der Waals surface area contributed by atoms with E-state index >= 15 is 0 Å². The summed E-state index contributed by atoms with van der Waals surface area (Å²) in [7, 11) is 1.20. The molecule has 0 N–H and O–H groups in total. The summed E-state index contributed by atoms with van der Waals surface area (Å²) in [6, 6.07) is 0. The molecule has 1 unspecified atom stereocenters. The first-order valence-corrected chi connectivity index (χ1v) is 4.12. The highest BCUT2D eigenvalue weighted by molar-refractivity contribution is 6.18. The van der Waals surface area contributed by atoms with Crippen molar-refractivity contribution >= 4 is 23.7 Å². The molecule has 13 heavy (non-hydrogen) atoms. The van der Waals surface area contributed by atoms with Crippen LogP contribution in [0.3, 0.4) is 0 Å². The van der Waals surface area contributed by atoms with Crippen molar-refractivity contribution in [2.75, 3.05) is 19.6 Å². The van der Waals surface area contributed by atoms with Gasteiger partial charge in [0.2, 0.25) is 0 Å². The zero-order valence-corrected chi connectivity index (χ0v) is 8.17. The number of methoxy groups -OCH3 is 1. The minimum absolute atomic E-state index is 0.0499. The van der Waals surface area contributed by atoms with Gasteiger partial charge < -0.3 is 14.2 Å². The molecule has 0 spiro atoms. The second-order valence-corrected chi connectivity index (χ2v) is 2.45. The van der Waals surface area contributed by atoms with E-state index in [4.69, 9.17) is 11.6 Å². The average molecular weight is 211 g/mol. The van der Waals surface area contributed by atoms with Crippen molar-refractivity contribution in [3.63, 3.8) is 0 Å². The van der Waals surface area contributed by atoms with Crippen LogP contribution in [0.1, 0.15) is 6.92 Å². The SMILES string of the molecule is COC(=O)C(C)OC(=O)OCCCl. The number of hydrogen-bond acceptors (Lipinski definition) is 5. The number of halogens is 1. The minimum Gasteiger partial charge on any atom is -0.466 e. The number of rotatable bonds is 4. The van der Waals surface area contributed by atoms with Crippen LogP contribution in [0.25, 0.3) is 0 Å². The summed E-state index contributed by atoms with van der Waals surface area (Å²) in [6.07, 6.45) is -1.90. The molecular formula is C7H11ClO5. The number of carbonyl (C=O) groups is 2. The molecule has 0 aliphatic rings. The zero-order chi connectivity index (χ0) is 10.3. The van der Waals surface area contributed by atoms with E-state index in [9.17, 15) is 9.59 Å². The van der Waals surface area contributed by atoms with Gasteiger partial charge in [0.05, 0.1) is 13.0 Å². The van der Waals surface area contributed by atoms with Crippen LogP contribution < -0.4 is 0 Å². The Morgan fingerprint density at radius 2 is 2.08 bits per heavy atom. The Morgan fingerprint density at radius 3 is 2.54 bits per heavy atom. The number of carbonyl (C=O) groups excluding carboxylic acids is 2. The predicted molar refractivity (Wildman–Crippen MR) is 44.6 cm³/mol. The molecule has 0 bridgehead atoms. The Bertz CT molecular complexity index is 182. The summed E-state index contributed by atoms with van der Waals surface area (Å²) in [4.78, 5) is 21.5. The van der Waals surface area contributed by atoms with E-state index in [1.807, 2.05) is 0 Å². The summed E-state index contributed by atoms with van der Waals surface area (Å²) in [5.74, 6) is -0.454. The monoisotopic (exact) mass is 210 g/mol. The highest BCUT2D eigenvalue weighted by Crippen LogP contribution is 1.96. The molecule has 0 aromatic carbocycles. The van der Waals surface area contributed by atoms with Crippen LogP contribution >= 0.6 is 11.6 Å². The molecule has 0 aromatic heterocycles. The van der Waals surface area contributed by atoms with Crippen molar-refractivity contribution < 1.29 is 23.8 Å². The van der Waals surface area contributed by atoms with Gasteiger partial charge in [0.15, 0.2) is 6.10 Å². The van der Waals surface area contributed by atoms with Crippen molar-refractivity contribution in [3.05, 3.63) is 0 Å². The van der Waals surface area contributed by atoms with E-state index < -0.39 is 18.2 Å². The van der Waals surface area contributed by atoms with E-state index in [2.05, 4.69) is 14.2 Å². The normalized spacial score (nSPS) is 11.6. The van der Waals surface area contributed by atoms with Gasteiger partial charge in [0.25, 0.3) is 0 Å². The summed E-state index contributed by atoms with van der Waals surface area (Å²) in [5, 5.41) is 0. The van der Waals surface area contributed by atoms with Crippen LogP contribution in [0.2, 0.25) is 0 Å². The fourth-order valence-electron chi connectivity index (χ4n) is 0.514. The number of hydrogen-bond donors (Lipinski definition) is 0. The first kappa shape index (κ1) is 12.0. The van der Waals surface area contributed by atoms with Gasteiger partial charge in [0.1, 0.15) is 6.61 Å². The molecule has 76 valence electrons. The summed E-state index contributed by atoms with van der Waals surface area (Å²) in [6.45, 7) is 1.43. The van der Waals surface area contributed by atoms with Gasteiger partial charge in [-0.15, -0.1) is 11.6 Å². The first-order chi connectivity index (χ1) is 6.11. The van der Waals surface area contributed by atoms with Gasteiger partial charge in [-0.05, 0) is 6.92 Å². The summed E-state index contributed by atoms with van der Waals surface area (Å²) < 4.78 is 13.3. The van der Waals surface area contributed by atoms with Crippen LogP contribution in [0, 0.1) is 0 Å². The quantitative estimate of drug-likeness (QED) is 0.511. The smallest absolute Gasteiger partial charge is 0.466 e. The van der Waals surface area contributed by atoms with Crippen LogP contribution in [0.5, 0.6) is 0 Å². The number of esters is 1. The lowest BCUT2D eigenvalue weighted by Crippen LogP contribution is -2.26. The van der Waals surface area contributed by atoms with Gasteiger partial charge in [-0.3, -0.25) is 0 Å². The van der Waals surface area contributed by atoms with Gasteiger partial charge >= 0.3 is 12.1 Å². The molecule has 6 heteroatoms. The first-order valence-electron chi connectivity index (χ1n) is 3.59. The molecular weight excluding hydrogens is 200 g/mol. The maximum absolute atomic E-state index is 10.7. The number of ether oxygens (including phenoxy) is 3. The van der Waals surface area contributed by atoms with Gasteiger partial charge in [-0.25, -0.2) is 9.59 Å². The molecule has 0 rings (SSSR count). The maximum atomic E-state index is 10.7. The lowest BCUT2D eigenvalue weighted by Gasteiger charge is -2.09. The Hall–Kier alpha value is -0.970. The summed E-state index contributed by atoms with van der Waals surface area (Å²) >= 11 is 5.25. The second-order valence-electron chi connectivity index (χ2n) is 2.07. The second kappa shape index (κ2) is 6.54. The van der Waals surface area contributed by atoms with Crippen LogP contribution in [-0.2, 0) is 19.0 Å². The third-order valence-electron chi connectivity index (χ3n) is 1.10. The van der Waals surface area contributed by atoms with E-state index in [1.54, 1.807) is 0 Å². The molecule has 1 atom stereocenters. The lowest BCUT2D eigenvalue weighted by atomic mass is 10.4. The standard InChI is InChI=1S/C7H11ClO5/c1-5(6(9)11-2)13-7(10)12-4-3-8/h5H,3-4H2,1-2H3. The van der Waals surface area contributed by atoms with E-state index in [0.717, 1.165) is 0 Å². The van der Waals surface area contributed by atoms with Crippen molar-refractivity contribution in [2.45, 2.75) is 13.0 Å². The Labute approximate surface area is 80.9 Å². The fraction of sp³-hybridized carbons (Fsp3) is 0.714. The molecule has 0 saturated carbocycles. The van der Waals surface area contributed by atoms with Gasteiger partial charge in [-0.1, -0.05) is 0 Å². The minimum atomic E-state index is -0.965. The van der Waals surface area contributed by atoms with Gasteiger partial charge in [0, 0.05) is 0 Å².